The van der Waals surface area contributed by atoms with Crippen molar-refractivity contribution in [1.82, 2.24) is 4.57 Å². The van der Waals surface area contributed by atoms with E-state index in [1.807, 2.05) is 12.1 Å². The number of nitrogens with zero attached hydrogens (tertiary/aromatic N) is 3. The van der Waals surface area contributed by atoms with Gasteiger partial charge in [-0.1, -0.05) is 18.2 Å². The van der Waals surface area contributed by atoms with Crippen LogP contribution in [0.1, 0.15) is 18.2 Å². The van der Waals surface area contributed by atoms with Gasteiger partial charge in [0.1, 0.15) is 0 Å². The van der Waals surface area contributed by atoms with Gasteiger partial charge in [0.25, 0.3) is 5.69 Å². The Bertz CT molecular complexity index is 911. The van der Waals surface area contributed by atoms with Crippen molar-refractivity contribution in [2.75, 3.05) is 5.43 Å². The van der Waals surface area contributed by atoms with Crippen LogP contribution in [0.2, 0.25) is 0 Å². The van der Waals surface area contributed by atoms with E-state index in [2.05, 4.69) is 41.1 Å². The lowest BCUT2D eigenvalue weighted by Gasteiger charge is -2.03. The number of fused-ring (bicyclic) bond motifs is 1. The van der Waals surface area contributed by atoms with Crippen LogP contribution in [-0.2, 0) is 6.54 Å². The molecule has 1 aromatic heterocycles. The summed E-state index contributed by atoms with van der Waals surface area (Å²) in [5.41, 5.74) is 7.10. The topological polar surface area (TPSA) is 72.5 Å². The highest BCUT2D eigenvalue weighted by Gasteiger charge is 2.10. The lowest BCUT2D eigenvalue weighted by Crippen LogP contribution is -1.97. The summed E-state index contributed by atoms with van der Waals surface area (Å²) in [4.78, 5) is 10.2. The summed E-state index contributed by atoms with van der Waals surface area (Å²) in [5, 5.41) is 16.1. The minimum absolute atomic E-state index is 0.0615. The molecule has 3 aromatic rings. The number of hydrogen-bond acceptors (Lipinski definition) is 4. The predicted octanol–water partition coefficient (Wildman–Crippen LogP) is 4.32. The molecule has 1 heterocycles. The normalized spacial score (nSPS) is 11.2. The van der Waals surface area contributed by atoms with Crippen LogP contribution in [0.15, 0.2) is 53.6 Å². The van der Waals surface area contributed by atoms with Crippen LogP contribution in [0.4, 0.5) is 11.4 Å². The lowest BCUT2D eigenvalue weighted by atomic mass is 10.1. The van der Waals surface area contributed by atoms with Crippen LogP contribution in [0.5, 0.6) is 0 Å². The summed E-state index contributed by atoms with van der Waals surface area (Å²) in [7, 11) is 0. The molecule has 6 nitrogen and oxygen atoms in total. The van der Waals surface area contributed by atoms with Crippen LogP contribution in [0, 0.1) is 17.0 Å². The molecule has 6 heteroatoms. The third-order valence-corrected chi connectivity index (χ3v) is 4.06. The number of hydrogen-bond donors (Lipinski definition) is 1. The van der Waals surface area contributed by atoms with E-state index in [0.29, 0.717) is 5.69 Å². The summed E-state index contributed by atoms with van der Waals surface area (Å²) >= 11 is 0. The monoisotopic (exact) mass is 322 g/mol. The number of non-ortho nitro benzene ring substituents is 1. The van der Waals surface area contributed by atoms with E-state index in [4.69, 9.17) is 0 Å². The molecule has 0 aliphatic heterocycles. The molecule has 0 fully saturated rings. The van der Waals surface area contributed by atoms with Crippen LogP contribution in [0.25, 0.3) is 10.9 Å². The van der Waals surface area contributed by atoms with Crippen molar-refractivity contribution >= 4 is 28.5 Å². The summed E-state index contributed by atoms with van der Waals surface area (Å²) in [6.07, 6.45) is 1.80. The predicted molar refractivity (Wildman–Crippen MR) is 96.7 cm³/mol. The van der Waals surface area contributed by atoms with E-state index in [-0.39, 0.29) is 5.69 Å². The molecule has 2 aromatic carbocycles. The first-order valence-corrected chi connectivity index (χ1v) is 7.73. The third-order valence-electron chi connectivity index (χ3n) is 4.06. The summed E-state index contributed by atoms with van der Waals surface area (Å²) in [5.74, 6) is 0. The van der Waals surface area contributed by atoms with Gasteiger partial charge in [-0.25, -0.2) is 0 Å². The fourth-order valence-corrected chi connectivity index (χ4v) is 2.86. The largest absolute Gasteiger partial charge is 0.344 e. The molecule has 0 unspecified atom stereocenters. The number of benzene rings is 2. The van der Waals surface area contributed by atoms with Crippen molar-refractivity contribution in [2.24, 2.45) is 5.10 Å². The molecule has 0 aliphatic carbocycles. The molecule has 3 rings (SSSR count). The summed E-state index contributed by atoms with van der Waals surface area (Å²) < 4.78 is 2.25. The van der Waals surface area contributed by atoms with Crippen molar-refractivity contribution in [3.8, 4) is 0 Å². The number of aromatic nitrogens is 1. The van der Waals surface area contributed by atoms with Crippen molar-refractivity contribution in [2.45, 2.75) is 20.4 Å². The third kappa shape index (κ3) is 2.86. The minimum atomic E-state index is -0.421. The van der Waals surface area contributed by atoms with Gasteiger partial charge in [0.2, 0.25) is 0 Å². The van der Waals surface area contributed by atoms with Gasteiger partial charge in [-0.05, 0) is 32.0 Å². The molecule has 0 spiro atoms. The van der Waals surface area contributed by atoms with Crippen LogP contribution in [0.3, 0.4) is 0 Å². The van der Waals surface area contributed by atoms with E-state index in [1.165, 1.54) is 17.6 Å². The number of nitro groups is 1. The molecule has 0 saturated carbocycles. The zero-order valence-electron chi connectivity index (χ0n) is 13.6. The SMILES string of the molecule is CCn1c(C)c(/C=N/Nc2ccc([N+](=O)[O-])cc2)c2ccccc21. The van der Waals surface area contributed by atoms with Gasteiger partial charge in [-0.3, -0.25) is 15.5 Å². The molecule has 0 saturated heterocycles. The molecule has 0 atom stereocenters. The van der Waals surface area contributed by atoms with E-state index in [0.717, 1.165) is 23.2 Å². The maximum absolute atomic E-state index is 10.7. The second-order valence-corrected chi connectivity index (χ2v) is 5.43. The van der Waals surface area contributed by atoms with E-state index >= 15 is 0 Å². The summed E-state index contributed by atoms with van der Waals surface area (Å²) in [6, 6.07) is 14.4. The van der Waals surface area contributed by atoms with E-state index < -0.39 is 4.92 Å². The second-order valence-electron chi connectivity index (χ2n) is 5.43. The Morgan fingerprint density at radius 2 is 1.92 bits per heavy atom. The number of hydrazone groups is 1. The molecule has 1 N–H and O–H groups in total. The Morgan fingerprint density at radius 1 is 1.21 bits per heavy atom. The molecule has 122 valence electrons. The Kier molecular flexibility index (Phi) is 4.29. The Labute approximate surface area is 139 Å². The quantitative estimate of drug-likeness (QED) is 0.432. The average Bonchev–Trinajstić information content (AvgIpc) is 2.87. The molecule has 0 amide bonds. The fraction of sp³-hybridized carbons (Fsp3) is 0.167. The van der Waals surface area contributed by atoms with Crippen LogP contribution in [-0.4, -0.2) is 15.7 Å². The Morgan fingerprint density at radius 3 is 2.58 bits per heavy atom. The van der Waals surface area contributed by atoms with Gasteiger partial charge < -0.3 is 4.57 Å². The number of nitro benzene ring substituents is 1. The standard InChI is InChI=1S/C18H18N4O2/c1-3-21-13(2)17(16-6-4-5-7-18(16)21)12-19-20-14-8-10-15(11-9-14)22(23)24/h4-12,20H,3H2,1-2H3/b19-12+. The van der Waals surface area contributed by atoms with Gasteiger partial charge in [0.15, 0.2) is 0 Å². The van der Waals surface area contributed by atoms with Gasteiger partial charge in [0.05, 0.1) is 16.8 Å². The number of aryl methyl sites for hydroxylation is 1. The molecular formula is C18H18N4O2. The molecule has 24 heavy (non-hydrogen) atoms. The fourth-order valence-electron chi connectivity index (χ4n) is 2.86. The first kappa shape index (κ1) is 15.7. The lowest BCUT2D eigenvalue weighted by molar-refractivity contribution is -0.384. The first-order chi connectivity index (χ1) is 11.6. The molecule has 0 aliphatic rings. The van der Waals surface area contributed by atoms with Crippen molar-refractivity contribution in [3.05, 3.63) is 69.9 Å². The maximum atomic E-state index is 10.7. The van der Waals surface area contributed by atoms with Gasteiger partial charge in [-0.2, -0.15) is 5.10 Å². The first-order valence-electron chi connectivity index (χ1n) is 7.73. The maximum Gasteiger partial charge on any atom is 0.269 e. The van der Waals surface area contributed by atoms with Crippen molar-refractivity contribution in [1.29, 1.82) is 0 Å². The Hall–Kier alpha value is -3.15. The minimum Gasteiger partial charge on any atom is -0.344 e. The highest BCUT2D eigenvalue weighted by Crippen LogP contribution is 2.24. The number of nitrogens with one attached hydrogen (secondary N) is 1. The molecular weight excluding hydrogens is 304 g/mol. The number of rotatable bonds is 5. The van der Waals surface area contributed by atoms with Gasteiger partial charge in [0, 0.05) is 40.8 Å². The van der Waals surface area contributed by atoms with Crippen molar-refractivity contribution < 1.29 is 4.92 Å². The van der Waals surface area contributed by atoms with E-state index in [9.17, 15) is 10.1 Å². The zero-order valence-corrected chi connectivity index (χ0v) is 13.6. The van der Waals surface area contributed by atoms with Crippen molar-refractivity contribution in [3.63, 3.8) is 0 Å². The van der Waals surface area contributed by atoms with E-state index in [1.54, 1.807) is 18.3 Å². The van der Waals surface area contributed by atoms with Gasteiger partial charge >= 0.3 is 0 Å². The van der Waals surface area contributed by atoms with Gasteiger partial charge in [-0.15, -0.1) is 0 Å². The zero-order chi connectivity index (χ0) is 17.1. The average molecular weight is 322 g/mol. The highest BCUT2D eigenvalue weighted by atomic mass is 16.6. The Balaban J connectivity index is 1.86. The molecule has 0 bridgehead atoms. The summed E-state index contributed by atoms with van der Waals surface area (Å²) in [6.45, 7) is 5.10. The second kappa shape index (κ2) is 6.54. The number of para-hydroxylation sites is 1. The molecule has 0 radical (unpaired) electrons. The van der Waals surface area contributed by atoms with Crippen LogP contribution < -0.4 is 5.43 Å². The highest BCUT2D eigenvalue weighted by molar-refractivity contribution is 6.01. The number of anilines is 1. The smallest absolute Gasteiger partial charge is 0.269 e. The van der Waals surface area contributed by atoms with Crippen LogP contribution >= 0.6 is 0 Å².